The van der Waals surface area contributed by atoms with Gasteiger partial charge in [0.05, 0.1) is 39.0 Å². The molecule has 0 aliphatic rings. The Kier molecular flexibility index (Phi) is 9.96. The number of methoxy groups -OCH3 is 1. The Morgan fingerprint density at radius 2 is 1.74 bits per heavy atom. The molecule has 0 spiro atoms. The van der Waals surface area contributed by atoms with Gasteiger partial charge in [0, 0.05) is 30.3 Å². The third-order valence-electron chi connectivity index (χ3n) is 5.71. The number of fused-ring (bicyclic) bond motifs is 1. The minimum Gasteiger partial charge on any atom is -0.382 e. The first-order valence-electron chi connectivity index (χ1n) is 11.8. The van der Waals surface area contributed by atoms with Gasteiger partial charge < -0.3 is 24.5 Å². The van der Waals surface area contributed by atoms with Crippen LogP contribution in [-0.2, 0) is 19.0 Å². The van der Waals surface area contributed by atoms with Gasteiger partial charge in [0.1, 0.15) is 5.82 Å². The topological polar surface area (TPSA) is 89.7 Å². The summed E-state index contributed by atoms with van der Waals surface area (Å²) in [5.74, 6) is -1.25. The maximum atomic E-state index is 14.2. The van der Waals surface area contributed by atoms with E-state index in [1.54, 1.807) is 31.4 Å². The van der Waals surface area contributed by atoms with Crippen LogP contribution in [0.3, 0.4) is 0 Å². The van der Waals surface area contributed by atoms with Crippen LogP contribution in [0.5, 0.6) is 0 Å². The standard InChI is InChI=1S/C27H33FN2O5/c1-18(2)25(27(32)29-11-12-34-15-16-35-14-13-33-3)21-9-10-24(30-26(21)31)20-8-7-19-5-4-6-23(28)22(19)17-20/h4-10,17-18,25H,11-16H2,1-3H3,(H,29,32)(H,30,31). The zero-order valence-electron chi connectivity index (χ0n) is 20.4. The number of carbonyl (C=O) groups is 1. The number of aromatic amines is 1. The third-order valence-corrected chi connectivity index (χ3v) is 5.71. The number of halogens is 1. The zero-order chi connectivity index (χ0) is 25.2. The number of amides is 1. The predicted octanol–water partition coefficient (Wildman–Crippen LogP) is 3.87. The maximum Gasteiger partial charge on any atom is 0.252 e. The molecule has 0 saturated heterocycles. The molecule has 1 atom stereocenters. The molecule has 2 N–H and O–H groups in total. The van der Waals surface area contributed by atoms with E-state index in [1.165, 1.54) is 6.07 Å². The molecule has 0 saturated carbocycles. The van der Waals surface area contributed by atoms with Crippen LogP contribution >= 0.6 is 0 Å². The van der Waals surface area contributed by atoms with Gasteiger partial charge in [-0.25, -0.2) is 4.39 Å². The molecular weight excluding hydrogens is 451 g/mol. The molecule has 1 heterocycles. The average molecular weight is 485 g/mol. The fourth-order valence-electron chi connectivity index (χ4n) is 3.92. The van der Waals surface area contributed by atoms with Crippen LogP contribution in [-0.4, -0.2) is 57.6 Å². The summed E-state index contributed by atoms with van der Waals surface area (Å²) in [5.41, 5.74) is 1.31. The Morgan fingerprint density at radius 3 is 2.46 bits per heavy atom. The van der Waals surface area contributed by atoms with E-state index in [2.05, 4.69) is 10.3 Å². The number of pyridine rings is 1. The van der Waals surface area contributed by atoms with E-state index < -0.39 is 5.92 Å². The van der Waals surface area contributed by atoms with Gasteiger partial charge in [-0.05, 0) is 35.1 Å². The molecule has 1 amide bonds. The second-order valence-electron chi connectivity index (χ2n) is 8.56. The van der Waals surface area contributed by atoms with Crippen molar-refractivity contribution in [1.29, 1.82) is 0 Å². The lowest BCUT2D eigenvalue weighted by Gasteiger charge is -2.20. The van der Waals surface area contributed by atoms with Gasteiger partial charge in [-0.1, -0.05) is 44.2 Å². The molecule has 3 rings (SSSR count). The van der Waals surface area contributed by atoms with Crippen molar-refractivity contribution >= 4 is 16.7 Å². The van der Waals surface area contributed by atoms with Crippen LogP contribution in [0.15, 0.2) is 53.3 Å². The van der Waals surface area contributed by atoms with Crippen LogP contribution in [0.2, 0.25) is 0 Å². The third kappa shape index (κ3) is 7.21. The van der Waals surface area contributed by atoms with Gasteiger partial charge >= 0.3 is 0 Å². The smallest absolute Gasteiger partial charge is 0.252 e. The first-order chi connectivity index (χ1) is 16.9. The van der Waals surface area contributed by atoms with Gasteiger partial charge in [0.2, 0.25) is 5.91 Å². The highest BCUT2D eigenvalue weighted by atomic mass is 19.1. The summed E-state index contributed by atoms with van der Waals surface area (Å²) in [5, 5.41) is 4.12. The molecule has 7 nitrogen and oxygen atoms in total. The Hall–Kier alpha value is -3.07. The predicted molar refractivity (Wildman–Crippen MR) is 134 cm³/mol. The van der Waals surface area contributed by atoms with E-state index in [9.17, 15) is 14.0 Å². The molecule has 2 aromatic carbocycles. The summed E-state index contributed by atoms with van der Waals surface area (Å²) in [6.07, 6.45) is 0. The summed E-state index contributed by atoms with van der Waals surface area (Å²) in [6.45, 7) is 6.40. The van der Waals surface area contributed by atoms with Crippen molar-refractivity contribution in [3.63, 3.8) is 0 Å². The first kappa shape index (κ1) is 26.5. The number of aromatic nitrogens is 1. The first-order valence-corrected chi connectivity index (χ1v) is 11.8. The van der Waals surface area contributed by atoms with Crippen molar-refractivity contribution in [2.45, 2.75) is 19.8 Å². The van der Waals surface area contributed by atoms with Gasteiger partial charge in [0.15, 0.2) is 0 Å². The van der Waals surface area contributed by atoms with Gasteiger partial charge in [-0.2, -0.15) is 0 Å². The summed E-state index contributed by atoms with van der Waals surface area (Å²) in [6, 6.07) is 13.7. The van der Waals surface area contributed by atoms with E-state index in [-0.39, 0.29) is 23.2 Å². The van der Waals surface area contributed by atoms with Crippen molar-refractivity contribution < 1.29 is 23.4 Å². The number of hydrogen-bond acceptors (Lipinski definition) is 5. The molecule has 1 unspecified atom stereocenters. The van der Waals surface area contributed by atoms with Gasteiger partial charge in [-0.15, -0.1) is 0 Å². The lowest BCUT2D eigenvalue weighted by molar-refractivity contribution is -0.123. The number of carbonyl (C=O) groups excluding carboxylic acids is 1. The van der Waals surface area contributed by atoms with Gasteiger partial charge in [-0.3, -0.25) is 9.59 Å². The number of nitrogens with one attached hydrogen (secondary N) is 2. The number of ether oxygens (including phenoxy) is 3. The Bertz CT molecular complexity index is 1180. The summed E-state index contributed by atoms with van der Waals surface area (Å²) < 4.78 is 29.9. The van der Waals surface area contributed by atoms with Crippen molar-refractivity contribution in [3.8, 4) is 11.3 Å². The number of benzene rings is 2. The molecule has 3 aromatic rings. The minimum absolute atomic E-state index is 0.0909. The van der Waals surface area contributed by atoms with Crippen molar-refractivity contribution in [2.75, 3.05) is 46.7 Å². The number of hydrogen-bond donors (Lipinski definition) is 2. The van der Waals surface area contributed by atoms with Crippen LogP contribution in [0.1, 0.15) is 25.3 Å². The largest absolute Gasteiger partial charge is 0.382 e. The van der Waals surface area contributed by atoms with E-state index in [1.807, 2.05) is 32.0 Å². The minimum atomic E-state index is -0.612. The molecule has 1 aromatic heterocycles. The molecule has 0 radical (unpaired) electrons. The van der Waals surface area contributed by atoms with Crippen LogP contribution in [0, 0.1) is 11.7 Å². The Morgan fingerprint density at radius 1 is 1.00 bits per heavy atom. The highest BCUT2D eigenvalue weighted by Crippen LogP contribution is 2.26. The highest BCUT2D eigenvalue weighted by molar-refractivity contribution is 5.87. The normalized spacial score (nSPS) is 12.3. The summed E-state index contributed by atoms with van der Waals surface area (Å²) in [7, 11) is 1.61. The molecule has 0 aliphatic heterocycles. The van der Waals surface area contributed by atoms with Crippen LogP contribution in [0.25, 0.3) is 22.0 Å². The maximum absolute atomic E-state index is 14.2. The van der Waals surface area contributed by atoms with Crippen LogP contribution < -0.4 is 10.9 Å². The average Bonchev–Trinajstić information content (AvgIpc) is 2.84. The molecular formula is C27H33FN2O5. The Labute approximate surface area is 204 Å². The molecule has 188 valence electrons. The lowest BCUT2D eigenvalue weighted by atomic mass is 9.88. The summed E-state index contributed by atoms with van der Waals surface area (Å²) in [4.78, 5) is 28.7. The van der Waals surface area contributed by atoms with Crippen molar-refractivity contribution in [1.82, 2.24) is 10.3 Å². The van der Waals surface area contributed by atoms with E-state index in [0.717, 1.165) is 5.39 Å². The quantitative estimate of drug-likeness (QED) is 0.360. The molecule has 0 fully saturated rings. The zero-order valence-corrected chi connectivity index (χ0v) is 20.4. The monoisotopic (exact) mass is 484 g/mol. The van der Waals surface area contributed by atoms with Crippen molar-refractivity contribution in [2.24, 2.45) is 5.92 Å². The SMILES string of the molecule is COCCOCCOCCNC(=O)C(c1ccc(-c2ccc3cccc(F)c3c2)[nH]c1=O)C(C)C. The number of H-pyrrole nitrogens is 1. The fourth-order valence-corrected chi connectivity index (χ4v) is 3.92. The summed E-state index contributed by atoms with van der Waals surface area (Å²) >= 11 is 0. The number of rotatable bonds is 13. The van der Waals surface area contributed by atoms with E-state index in [0.29, 0.717) is 61.8 Å². The van der Waals surface area contributed by atoms with Gasteiger partial charge in [0.25, 0.3) is 5.56 Å². The van der Waals surface area contributed by atoms with E-state index >= 15 is 0 Å². The molecule has 8 heteroatoms. The molecule has 0 aliphatic carbocycles. The van der Waals surface area contributed by atoms with Crippen molar-refractivity contribution in [3.05, 3.63) is 70.3 Å². The highest BCUT2D eigenvalue weighted by Gasteiger charge is 2.26. The lowest BCUT2D eigenvalue weighted by Crippen LogP contribution is -2.36. The molecule has 35 heavy (non-hydrogen) atoms. The Balaban J connectivity index is 1.63. The second-order valence-corrected chi connectivity index (χ2v) is 8.56. The van der Waals surface area contributed by atoms with E-state index in [4.69, 9.17) is 14.2 Å². The molecule has 0 bridgehead atoms. The second kappa shape index (κ2) is 13.1. The fraction of sp³-hybridized carbons (Fsp3) is 0.407. The van der Waals surface area contributed by atoms with Crippen LogP contribution in [0.4, 0.5) is 4.39 Å².